The van der Waals surface area contributed by atoms with Gasteiger partial charge in [0.05, 0.1) is 19.1 Å². The smallest absolute Gasteiger partial charge is 0.305 e. The molecular formula is C77H103N19O19. The Labute approximate surface area is 661 Å². The highest BCUT2D eigenvalue weighted by atomic mass is 16.4. The number of aliphatic hydroxyl groups excluding tert-OH is 1. The highest BCUT2D eigenvalue weighted by Gasteiger charge is 2.41. The van der Waals surface area contributed by atoms with Crippen molar-refractivity contribution < 1.29 is 92.3 Å². The molecule has 6 aromatic rings. The number of aliphatic carboxylic acids is 1. The molecular weight excluding hydrogens is 1490 g/mol. The molecule has 4 aromatic carbocycles. The third kappa shape index (κ3) is 28.5. The molecule has 0 fully saturated rings. The van der Waals surface area contributed by atoms with E-state index in [1.807, 2.05) is 0 Å². The molecule has 26 N–H and O–H groups in total. The number of aliphatic hydroxyl groups is 1. The van der Waals surface area contributed by atoms with Gasteiger partial charge in [-0.05, 0) is 125 Å². The van der Waals surface area contributed by atoms with Crippen LogP contribution in [0, 0.1) is 11.3 Å². The number of rotatable bonds is 44. The maximum Gasteiger partial charge on any atom is 0.305 e. The van der Waals surface area contributed by atoms with Gasteiger partial charge in [0.15, 0.2) is 5.96 Å². The highest BCUT2D eigenvalue weighted by Crippen LogP contribution is 2.23. The number of aromatic amines is 2. The summed E-state index contributed by atoms with van der Waals surface area (Å²) in [6.45, 7) is 10.6. The van der Waals surface area contributed by atoms with Crippen molar-refractivity contribution in [2.75, 3.05) is 13.1 Å². The molecule has 0 radical (unpaired) electrons. The monoisotopic (exact) mass is 1600 g/mol. The fourth-order valence-electron chi connectivity index (χ4n) is 12.2. The Morgan fingerprint density at radius 1 is 0.478 bits per heavy atom. The number of phenols is 2. The van der Waals surface area contributed by atoms with Crippen molar-refractivity contribution in [1.29, 1.82) is 5.41 Å². The van der Waals surface area contributed by atoms with E-state index >= 15 is 9.59 Å². The highest BCUT2D eigenvalue weighted by molar-refractivity contribution is 6.02. The van der Waals surface area contributed by atoms with Crippen molar-refractivity contribution in [3.05, 3.63) is 132 Å². The van der Waals surface area contributed by atoms with Crippen LogP contribution in [0.4, 0.5) is 0 Å². The number of benzene rings is 4. The van der Waals surface area contributed by atoms with Gasteiger partial charge in [0.2, 0.25) is 82.7 Å². The number of carboxylic acids is 1. The molecule has 38 heteroatoms. The number of para-hydroxylation sites is 2. The Balaban J connectivity index is 1.30. The first-order valence-corrected chi connectivity index (χ1v) is 36.9. The van der Waals surface area contributed by atoms with Gasteiger partial charge in [-0.3, -0.25) is 77.3 Å². The molecule has 14 amide bonds. The van der Waals surface area contributed by atoms with Crippen LogP contribution in [-0.2, 0) is 97.6 Å². The van der Waals surface area contributed by atoms with Crippen molar-refractivity contribution in [3.8, 4) is 11.5 Å². The van der Waals surface area contributed by atoms with Crippen molar-refractivity contribution >= 4 is 116 Å². The molecule has 0 saturated carbocycles. The first-order chi connectivity index (χ1) is 54.1. The first kappa shape index (κ1) is 90.7. The lowest BCUT2D eigenvalue weighted by Crippen LogP contribution is -2.65. The standard InChI is InChI=1S/C77H103N19O19/c1-39(2)30-54(67(108)89-55(31-42-19-23-46(99)24-20-42)65(106)85-38-61(102)86-52(64(79)105)18-13-29-82-75(80)81)88-70(111)57(33-44-36-83-50-16-11-9-14-48(44)50)91-68(109)56(32-43-21-25-47(100)26-22-43)90-71(112)59(35-62(103)104)92-66(107)53(27-28-60(78)101)87-69(110)58(34-45-37-84-51-17-12-10-15-49(45)51)93-72(113)63(40(3)97)94-73(114)76(5,6)96-74(115)77(7,8)95-41(4)98/h9-12,14-17,19-26,36-37,39-40,52-59,63,83-84,97,99-100H,13,18,27-35,38H2,1-8H3,(H2,78,101)(H2,79,105)(H,85,106)(H,86,102)(H,87,110)(H,88,111)(H,89,108)(H,90,112)(H,91,109)(H,92,107)(H,93,113)(H,94,114)(H,95,98)(H,96,115)(H,103,104)(H4,80,81,82)/t40-,52+,53+,54+,55+,56+,57+,58+,59+,63+/m1/s1. The van der Waals surface area contributed by atoms with Crippen LogP contribution in [0.5, 0.6) is 11.5 Å². The summed E-state index contributed by atoms with van der Waals surface area (Å²) in [6, 6.07) is 9.39. The van der Waals surface area contributed by atoms with Gasteiger partial charge >= 0.3 is 5.97 Å². The average Bonchev–Trinajstić information content (AvgIpc) is 1.71. The molecule has 0 aliphatic heterocycles. The van der Waals surface area contributed by atoms with Gasteiger partial charge in [0, 0.05) is 79.8 Å². The van der Waals surface area contributed by atoms with E-state index in [0.717, 1.165) is 6.92 Å². The summed E-state index contributed by atoms with van der Waals surface area (Å²) >= 11 is 0. The zero-order valence-electron chi connectivity index (χ0n) is 64.9. The Morgan fingerprint density at radius 3 is 1.37 bits per heavy atom. The summed E-state index contributed by atoms with van der Waals surface area (Å²) in [6.07, 6.45) is -2.26. The third-order valence-electron chi connectivity index (χ3n) is 18.3. The van der Waals surface area contributed by atoms with E-state index < -0.39 is 192 Å². The number of primary amides is 2. The molecule has 620 valence electrons. The summed E-state index contributed by atoms with van der Waals surface area (Å²) in [5.74, 6) is -16.7. The maximum absolute atomic E-state index is 15.2. The van der Waals surface area contributed by atoms with Gasteiger partial charge < -0.3 is 117 Å². The van der Waals surface area contributed by atoms with Crippen LogP contribution >= 0.6 is 0 Å². The molecule has 0 bridgehead atoms. The number of aromatic hydroxyl groups is 2. The van der Waals surface area contributed by atoms with Gasteiger partial charge in [0.1, 0.15) is 77.0 Å². The number of hydrogen-bond donors (Lipinski definition) is 23. The summed E-state index contributed by atoms with van der Waals surface area (Å²) in [5.41, 5.74) is 15.8. The number of H-pyrrole nitrogens is 2. The van der Waals surface area contributed by atoms with Crippen LogP contribution in [0.2, 0.25) is 0 Å². The molecule has 6 rings (SSSR count). The van der Waals surface area contributed by atoms with E-state index in [1.165, 1.54) is 89.3 Å². The summed E-state index contributed by atoms with van der Waals surface area (Å²) in [5, 5.41) is 82.9. The summed E-state index contributed by atoms with van der Waals surface area (Å²) in [4.78, 5) is 214. The topological polar surface area (TPSA) is 627 Å². The van der Waals surface area contributed by atoms with Gasteiger partial charge in [0.25, 0.3) is 0 Å². The van der Waals surface area contributed by atoms with E-state index in [4.69, 9.17) is 22.6 Å². The fraction of sp³-hybridized carbons (Fsp3) is 0.429. The van der Waals surface area contributed by atoms with Crippen LogP contribution in [0.15, 0.2) is 109 Å². The van der Waals surface area contributed by atoms with E-state index in [2.05, 4.69) is 79.1 Å². The van der Waals surface area contributed by atoms with Crippen molar-refractivity contribution in [3.63, 3.8) is 0 Å². The number of phenolic OH excluding ortho intramolecular Hbond substituents is 2. The van der Waals surface area contributed by atoms with Crippen LogP contribution in [0.25, 0.3) is 21.8 Å². The molecule has 2 heterocycles. The first-order valence-electron chi connectivity index (χ1n) is 36.9. The molecule has 10 atom stereocenters. The molecule has 0 unspecified atom stereocenters. The van der Waals surface area contributed by atoms with E-state index in [-0.39, 0.29) is 74.0 Å². The number of carboxylic acid groups (broad SMARTS) is 1. The lowest BCUT2D eigenvalue weighted by molar-refractivity contribution is -0.141. The number of carbonyl (C=O) groups excluding carboxylic acids is 14. The minimum Gasteiger partial charge on any atom is -0.508 e. The molecule has 0 aliphatic carbocycles. The van der Waals surface area contributed by atoms with Crippen molar-refractivity contribution in [2.45, 2.75) is 191 Å². The second-order valence-electron chi connectivity index (χ2n) is 29.3. The second-order valence-corrected chi connectivity index (χ2v) is 29.3. The average molecular weight is 1600 g/mol. The predicted molar refractivity (Wildman–Crippen MR) is 418 cm³/mol. The Hall–Kier alpha value is -13.2. The minimum absolute atomic E-state index is 0.0376. The number of fused-ring (bicyclic) bond motifs is 2. The van der Waals surface area contributed by atoms with Crippen LogP contribution in [-0.4, -0.2) is 210 Å². The Morgan fingerprint density at radius 2 is 0.904 bits per heavy atom. The molecule has 0 spiro atoms. The molecule has 2 aromatic heterocycles. The number of aromatic nitrogens is 2. The summed E-state index contributed by atoms with van der Waals surface area (Å²) in [7, 11) is 0. The normalized spacial score (nSPS) is 14.0. The fourth-order valence-corrected chi connectivity index (χ4v) is 12.2. The Bertz CT molecular complexity index is 4520. The van der Waals surface area contributed by atoms with Crippen LogP contribution in [0.3, 0.4) is 0 Å². The van der Waals surface area contributed by atoms with Crippen molar-refractivity contribution in [1.82, 2.24) is 79.1 Å². The van der Waals surface area contributed by atoms with Gasteiger partial charge in [-0.25, -0.2) is 0 Å². The van der Waals surface area contributed by atoms with E-state index in [0.29, 0.717) is 38.5 Å². The molecule has 115 heavy (non-hydrogen) atoms. The third-order valence-corrected chi connectivity index (χ3v) is 18.3. The van der Waals surface area contributed by atoms with E-state index in [1.54, 1.807) is 68.6 Å². The van der Waals surface area contributed by atoms with Gasteiger partial charge in [-0.15, -0.1) is 0 Å². The van der Waals surface area contributed by atoms with Crippen molar-refractivity contribution in [2.24, 2.45) is 23.1 Å². The zero-order chi connectivity index (χ0) is 85.2. The maximum atomic E-state index is 15.2. The number of carbonyl (C=O) groups is 15. The molecule has 0 aliphatic rings. The molecule has 0 saturated heterocycles. The van der Waals surface area contributed by atoms with Gasteiger partial charge in [-0.1, -0.05) is 74.5 Å². The number of nitrogens with one attached hydrogen (secondary N) is 16. The SMILES string of the molecule is CC(=O)NC(C)(C)C(=O)NC(C)(C)C(=O)N[C@H](C(=O)N[C@@H](Cc1c[nH]c2ccccc12)C(=O)N[C@@H](CCC(N)=O)C(=O)N[C@@H](CC(=O)O)C(=O)N[C@@H](Cc1ccc(O)cc1)C(=O)N[C@@H](Cc1c[nH]c2ccccc12)C(=O)N[C@@H](CC(C)C)C(=O)N[C@@H](Cc1ccc(O)cc1)C(=O)NCC(=O)N[C@@H](CCCNC(=N)N)C(N)=O)[C@@H](C)O. The Kier molecular flexibility index (Phi) is 33.1. The second kappa shape index (κ2) is 41.9. The summed E-state index contributed by atoms with van der Waals surface area (Å²) < 4.78 is 0. The minimum atomic E-state index is -2.14. The predicted octanol–water partition coefficient (Wildman–Crippen LogP) is -2.46. The number of amides is 14. The quantitative estimate of drug-likeness (QED) is 0.0107. The lowest BCUT2D eigenvalue weighted by atomic mass is 9.98. The lowest BCUT2D eigenvalue weighted by Gasteiger charge is -2.33. The number of hydrogen-bond acceptors (Lipinski definition) is 19. The largest absolute Gasteiger partial charge is 0.508 e. The van der Waals surface area contributed by atoms with Crippen LogP contribution < -0.4 is 86.3 Å². The number of nitrogens with two attached hydrogens (primary N) is 3. The molecule has 38 nitrogen and oxygen atoms in total. The van der Waals surface area contributed by atoms with Crippen LogP contribution in [0.1, 0.15) is 116 Å². The number of guanidine groups is 1. The van der Waals surface area contributed by atoms with E-state index in [9.17, 15) is 82.8 Å². The van der Waals surface area contributed by atoms with Gasteiger partial charge in [-0.2, -0.15) is 0 Å². The zero-order valence-corrected chi connectivity index (χ0v) is 64.9.